The standard InChI is InChI=1S/C7H10N2O4/c1-12-3-2-5-8-6(13-9-5)4-7(10)11/h2-4H2,1H3,(H,10,11). The van der Waals surface area contributed by atoms with Crippen molar-refractivity contribution in [1.82, 2.24) is 10.1 Å². The van der Waals surface area contributed by atoms with Gasteiger partial charge in [-0.1, -0.05) is 5.16 Å². The lowest BCUT2D eigenvalue weighted by atomic mass is 10.4. The molecule has 0 unspecified atom stereocenters. The second-order valence-corrected chi connectivity index (χ2v) is 2.42. The summed E-state index contributed by atoms with van der Waals surface area (Å²) in [5, 5.41) is 12.0. The Morgan fingerprint density at radius 3 is 3.08 bits per heavy atom. The molecular weight excluding hydrogens is 176 g/mol. The van der Waals surface area contributed by atoms with Gasteiger partial charge in [0.1, 0.15) is 6.42 Å². The molecule has 0 saturated heterocycles. The number of rotatable bonds is 5. The maximum atomic E-state index is 10.2. The maximum absolute atomic E-state index is 10.2. The molecule has 6 heteroatoms. The topological polar surface area (TPSA) is 85.5 Å². The highest BCUT2D eigenvalue weighted by Crippen LogP contribution is 1.99. The molecule has 1 rings (SSSR count). The molecule has 1 aromatic rings. The van der Waals surface area contributed by atoms with Crippen molar-refractivity contribution in [3.63, 3.8) is 0 Å². The van der Waals surface area contributed by atoms with E-state index in [0.29, 0.717) is 18.9 Å². The summed E-state index contributed by atoms with van der Waals surface area (Å²) >= 11 is 0. The molecule has 1 N–H and O–H groups in total. The van der Waals surface area contributed by atoms with E-state index in [1.165, 1.54) is 0 Å². The van der Waals surface area contributed by atoms with Gasteiger partial charge < -0.3 is 14.4 Å². The monoisotopic (exact) mass is 186 g/mol. The zero-order chi connectivity index (χ0) is 9.68. The van der Waals surface area contributed by atoms with Crippen molar-refractivity contribution in [1.29, 1.82) is 0 Å². The van der Waals surface area contributed by atoms with Gasteiger partial charge in [0.15, 0.2) is 5.82 Å². The first-order chi connectivity index (χ1) is 6.22. The first-order valence-corrected chi connectivity index (χ1v) is 3.74. The van der Waals surface area contributed by atoms with Crippen molar-refractivity contribution in [2.45, 2.75) is 12.8 Å². The van der Waals surface area contributed by atoms with Crippen LogP contribution in [0.15, 0.2) is 4.52 Å². The molecular formula is C7H10N2O4. The molecule has 0 aliphatic carbocycles. The largest absolute Gasteiger partial charge is 0.481 e. The fourth-order valence-corrected chi connectivity index (χ4v) is 0.786. The first kappa shape index (κ1) is 9.66. The van der Waals surface area contributed by atoms with Crippen LogP contribution >= 0.6 is 0 Å². The van der Waals surface area contributed by atoms with Crippen molar-refractivity contribution in [2.24, 2.45) is 0 Å². The minimum Gasteiger partial charge on any atom is -0.481 e. The van der Waals surface area contributed by atoms with Crippen molar-refractivity contribution < 1.29 is 19.2 Å². The number of carbonyl (C=O) groups is 1. The molecule has 0 aliphatic rings. The van der Waals surface area contributed by atoms with Gasteiger partial charge in [-0.15, -0.1) is 0 Å². The number of aliphatic carboxylic acids is 1. The average molecular weight is 186 g/mol. The Hall–Kier alpha value is -1.43. The Morgan fingerprint density at radius 1 is 1.69 bits per heavy atom. The summed E-state index contributed by atoms with van der Waals surface area (Å²) < 4.78 is 9.47. The number of methoxy groups -OCH3 is 1. The molecule has 0 radical (unpaired) electrons. The van der Waals surface area contributed by atoms with Crippen LogP contribution in [0.1, 0.15) is 11.7 Å². The van der Waals surface area contributed by atoms with Crippen molar-refractivity contribution in [3.8, 4) is 0 Å². The lowest BCUT2D eigenvalue weighted by Gasteiger charge is -1.90. The maximum Gasteiger partial charge on any atom is 0.312 e. The van der Waals surface area contributed by atoms with Crippen LogP contribution in [0.2, 0.25) is 0 Å². The van der Waals surface area contributed by atoms with E-state index >= 15 is 0 Å². The highest BCUT2D eigenvalue weighted by molar-refractivity contribution is 5.68. The summed E-state index contributed by atoms with van der Waals surface area (Å²) in [6.45, 7) is 0.492. The lowest BCUT2D eigenvalue weighted by Crippen LogP contribution is -2.01. The van der Waals surface area contributed by atoms with Gasteiger partial charge in [-0.05, 0) is 0 Å². The van der Waals surface area contributed by atoms with Crippen LogP contribution in [-0.4, -0.2) is 34.9 Å². The zero-order valence-electron chi connectivity index (χ0n) is 7.19. The van der Waals surface area contributed by atoms with E-state index in [0.717, 1.165) is 0 Å². The van der Waals surface area contributed by atoms with Crippen LogP contribution in [0.3, 0.4) is 0 Å². The molecule has 72 valence electrons. The Kier molecular flexibility index (Phi) is 3.39. The normalized spacial score (nSPS) is 10.2. The van der Waals surface area contributed by atoms with E-state index in [9.17, 15) is 4.79 Å². The Labute approximate surface area is 74.5 Å². The van der Waals surface area contributed by atoms with Crippen LogP contribution in [0.5, 0.6) is 0 Å². The summed E-state index contributed by atoms with van der Waals surface area (Å²) in [6, 6.07) is 0. The van der Waals surface area contributed by atoms with E-state index in [4.69, 9.17) is 9.84 Å². The highest BCUT2D eigenvalue weighted by Gasteiger charge is 2.09. The van der Waals surface area contributed by atoms with Gasteiger partial charge in [0.25, 0.3) is 0 Å². The van der Waals surface area contributed by atoms with Gasteiger partial charge >= 0.3 is 5.97 Å². The second-order valence-electron chi connectivity index (χ2n) is 2.42. The van der Waals surface area contributed by atoms with Gasteiger partial charge in [-0.2, -0.15) is 4.98 Å². The summed E-state index contributed by atoms with van der Waals surface area (Å²) in [4.78, 5) is 14.1. The minimum atomic E-state index is -0.984. The Balaban J connectivity index is 2.48. The molecule has 0 fully saturated rings. The predicted molar refractivity (Wildman–Crippen MR) is 41.2 cm³/mol. The number of hydrogen-bond donors (Lipinski definition) is 1. The van der Waals surface area contributed by atoms with Crippen molar-refractivity contribution in [3.05, 3.63) is 11.7 Å². The summed E-state index contributed by atoms with van der Waals surface area (Å²) in [5.41, 5.74) is 0. The number of aromatic nitrogens is 2. The Morgan fingerprint density at radius 2 is 2.46 bits per heavy atom. The molecule has 13 heavy (non-hydrogen) atoms. The number of ether oxygens (including phenoxy) is 1. The third-order valence-corrected chi connectivity index (χ3v) is 1.34. The van der Waals surface area contributed by atoms with Crippen LogP contribution in [0.25, 0.3) is 0 Å². The molecule has 0 saturated carbocycles. The SMILES string of the molecule is COCCc1noc(CC(=O)O)n1. The van der Waals surface area contributed by atoms with Gasteiger partial charge in [-0.25, -0.2) is 0 Å². The van der Waals surface area contributed by atoms with E-state index in [1.54, 1.807) is 7.11 Å². The van der Waals surface area contributed by atoms with E-state index in [1.807, 2.05) is 0 Å². The lowest BCUT2D eigenvalue weighted by molar-refractivity contribution is -0.136. The van der Waals surface area contributed by atoms with E-state index < -0.39 is 5.97 Å². The molecule has 1 aromatic heterocycles. The third-order valence-electron chi connectivity index (χ3n) is 1.34. The number of carboxylic acid groups (broad SMARTS) is 1. The molecule has 6 nitrogen and oxygen atoms in total. The number of hydrogen-bond acceptors (Lipinski definition) is 5. The molecule has 1 heterocycles. The second kappa shape index (κ2) is 4.56. The van der Waals surface area contributed by atoms with Crippen LogP contribution in [0.4, 0.5) is 0 Å². The van der Waals surface area contributed by atoms with E-state index in [2.05, 4.69) is 14.7 Å². The Bertz CT molecular complexity index is 284. The van der Waals surface area contributed by atoms with Crippen LogP contribution in [0, 0.1) is 0 Å². The smallest absolute Gasteiger partial charge is 0.312 e. The molecule has 0 spiro atoms. The third kappa shape index (κ3) is 3.20. The van der Waals surface area contributed by atoms with Gasteiger partial charge in [-0.3, -0.25) is 4.79 Å². The molecule has 0 atom stereocenters. The van der Waals surface area contributed by atoms with Crippen molar-refractivity contribution in [2.75, 3.05) is 13.7 Å². The van der Waals surface area contributed by atoms with Crippen LogP contribution < -0.4 is 0 Å². The summed E-state index contributed by atoms with van der Waals surface area (Å²) in [6.07, 6.45) is 0.291. The fourth-order valence-electron chi connectivity index (χ4n) is 0.786. The minimum absolute atomic E-state index is 0.124. The van der Waals surface area contributed by atoms with Gasteiger partial charge in [0.2, 0.25) is 5.89 Å². The predicted octanol–water partition coefficient (Wildman–Crippen LogP) is -0.114. The van der Waals surface area contributed by atoms with Crippen molar-refractivity contribution >= 4 is 5.97 Å². The number of carboxylic acids is 1. The summed E-state index contributed by atoms with van der Waals surface area (Å²) in [7, 11) is 1.57. The molecule has 0 aromatic carbocycles. The average Bonchev–Trinajstić information content (AvgIpc) is 2.48. The van der Waals surface area contributed by atoms with Gasteiger partial charge in [0.05, 0.1) is 6.61 Å². The van der Waals surface area contributed by atoms with Gasteiger partial charge in [0, 0.05) is 13.5 Å². The zero-order valence-corrected chi connectivity index (χ0v) is 7.19. The molecule has 0 amide bonds. The molecule has 0 bridgehead atoms. The summed E-state index contributed by atoms with van der Waals surface area (Å²) in [5.74, 6) is -0.390. The first-order valence-electron chi connectivity index (χ1n) is 3.74. The fraction of sp³-hybridized carbons (Fsp3) is 0.571. The highest BCUT2D eigenvalue weighted by atomic mass is 16.5. The number of nitrogens with zero attached hydrogens (tertiary/aromatic N) is 2. The van der Waals surface area contributed by atoms with E-state index in [-0.39, 0.29) is 12.3 Å². The molecule has 0 aliphatic heterocycles. The van der Waals surface area contributed by atoms with Crippen LogP contribution in [-0.2, 0) is 22.4 Å². The quantitative estimate of drug-likeness (QED) is 0.690.